The van der Waals surface area contributed by atoms with Crippen LogP contribution in [-0.2, 0) is 0 Å². The lowest BCUT2D eigenvalue weighted by molar-refractivity contribution is 0.268. The van der Waals surface area contributed by atoms with Crippen LogP contribution < -0.4 is 6.15 Å². The Balaban J connectivity index is 0. The highest BCUT2D eigenvalue weighted by molar-refractivity contribution is 6.24. The van der Waals surface area contributed by atoms with E-state index in [1.165, 1.54) is 141 Å². The molecule has 0 spiro atoms. The molecule has 0 aromatic rings. The third-order valence-corrected chi connectivity index (χ3v) is 7.62. The van der Waals surface area contributed by atoms with E-state index in [1.54, 1.807) is 0 Å². The summed E-state index contributed by atoms with van der Waals surface area (Å²) in [6.07, 6.45) is 30.3. The molecule has 0 aliphatic rings. The molecule has 0 amide bonds. The summed E-state index contributed by atoms with van der Waals surface area (Å²) in [6.45, 7) is 9.25. The van der Waals surface area contributed by atoms with Crippen molar-refractivity contribution in [2.75, 3.05) is 0 Å². The van der Waals surface area contributed by atoms with E-state index < -0.39 is 0 Å². The number of hydrogen-bond acceptors (Lipinski definition) is 1. The fraction of sp³-hybridized carbons (Fsp3) is 1.00. The van der Waals surface area contributed by atoms with Crippen LogP contribution in [0, 0.1) is 5.92 Å². The van der Waals surface area contributed by atoms with Gasteiger partial charge < -0.3 is 6.15 Å². The molecule has 0 fully saturated rings. The Bertz CT molecular complexity index is 310. The van der Waals surface area contributed by atoms with Crippen LogP contribution in [0.15, 0.2) is 0 Å². The largest absolute Gasteiger partial charge is 0.344 e. The highest BCUT2D eigenvalue weighted by atomic mass is 35.5. The van der Waals surface area contributed by atoms with Gasteiger partial charge in [-0.25, -0.2) is 0 Å². The fourth-order valence-corrected chi connectivity index (χ4v) is 5.30. The summed E-state index contributed by atoms with van der Waals surface area (Å²) in [5, 5.41) is 0. The van der Waals surface area contributed by atoms with Crippen LogP contribution in [0.1, 0.15) is 169 Å². The molecule has 0 aromatic heterocycles. The molecule has 184 valence electrons. The molecule has 1 atom stereocenters. The average Bonchev–Trinajstić information content (AvgIpc) is 2.73. The molecule has 1 nitrogen and oxygen atoms in total. The van der Waals surface area contributed by atoms with Crippen LogP contribution in [0.2, 0.25) is 0 Å². The monoisotopic (exact) mass is 445 g/mol. The molecule has 0 aliphatic heterocycles. The summed E-state index contributed by atoms with van der Waals surface area (Å²) in [6, 6.07) is 0. The van der Waals surface area contributed by atoms with Gasteiger partial charge in [-0.15, -0.1) is 11.6 Å². The van der Waals surface area contributed by atoms with Gasteiger partial charge in [0.15, 0.2) is 0 Å². The first-order chi connectivity index (χ1) is 14.1. The molecule has 3 N–H and O–H groups in total. The first kappa shape index (κ1) is 32.4. The van der Waals surface area contributed by atoms with Gasteiger partial charge in [-0.2, -0.15) is 0 Å². The van der Waals surface area contributed by atoms with Crippen LogP contribution in [0.4, 0.5) is 0 Å². The topological polar surface area (TPSA) is 35.0 Å². The predicted molar refractivity (Wildman–Crippen MR) is 141 cm³/mol. The second kappa shape index (κ2) is 23.9. The molecular weight excluding hydrogens is 386 g/mol. The van der Waals surface area contributed by atoms with Gasteiger partial charge in [0.1, 0.15) is 0 Å². The van der Waals surface area contributed by atoms with Gasteiger partial charge >= 0.3 is 0 Å². The van der Waals surface area contributed by atoms with Crippen molar-refractivity contribution in [2.24, 2.45) is 5.92 Å². The Morgan fingerprint density at radius 2 is 0.800 bits per heavy atom. The number of rotatable bonds is 23. The molecule has 0 saturated carbocycles. The number of unbranched alkanes of at least 4 members (excludes halogenated alkanes) is 14. The van der Waals surface area contributed by atoms with Crippen LogP contribution >= 0.6 is 11.6 Å². The van der Waals surface area contributed by atoms with Crippen molar-refractivity contribution in [1.82, 2.24) is 6.15 Å². The Morgan fingerprint density at radius 3 is 1.20 bits per heavy atom. The number of halogens is 1. The zero-order valence-electron chi connectivity index (χ0n) is 21.7. The van der Waals surface area contributed by atoms with E-state index >= 15 is 0 Å². The lowest BCUT2D eigenvalue weighted by Gasteiger charge is -2.36. The van der Waals surface area contributed by atoms with Gasteiger partial charge in [0.05, 0.1) is 0 Å². The highest BCUT2D eigenvalue weighted by Crippen LogP contribution is 2.41. The summed E-state index contributed by atoms with van der Waals surface area (Å²) >= 11 is 7.34. The molecule has 0 aliphatic carbocycles. The fourth-order valence-electron chi connectivity index (χ4n) is 4.82. The molecular formula is C28H60ClN. The SMILES string of the molecule is CCCCCCCCCCCCCCC(CCCC)C(Cl)(CCCC)CCCC.N. The minimum Gasteiger partial charge on any atom is -0.344 e. The minimum atomic E-state index is 0. The van der Waals surface area contributed by atoms with Crippen molar-refractivity contribution in [3.05, 3.63) is 0 Å². The molecule has 0 bridgehead atoms. The van der Waals surface area contributed by atoms with Crippen molar-refractivity contribution >= 4 is 11.6 Å². The van der Waals surface area contributed by atoms with E-state index in [4.69, 9.17) is 11.6 Å². The van der Waals surface area contributed by atoms with Gasteiger partial charge in [0.2, 0.25) is 0 Å². The van der Waals surface area contributed by atoms with Gasteiger partial charge in [-0.3, -0.25) is 0 Å². The van der Waals surface area contributed by atoms with Crippen molar-refractivity contribution in [3.63, 3.8) is 0 Å². The molecule has 0 heterocycles. The normalized spacial score (nSPS) is 12.7. The Labute approximate surface area is 197 Å². The van der Waals surface area contributed by atoms with Gasteiger partial charge in [0.25, 0.3) is 0 Å². The zero-order chi connectivity index (χ0) is 21.6. The maximum absolute atomic E-state index is 7.34. The summed E-state index contributed by atoms with van der Waals surface area (Å²) in [7, 11) is 0. The summed E-state index contributed by atoms with van der Waals surface area (Å²) in [5.74, 6) is 0.741. The standard InChI is InChI=1S/C28H57Cl.H3N/c1-5-9-13-14-15-16-17-18-19-20-21-22-24-27(23-10-6-2)28(29,25-11-7-3)26-12-8-4;/h27H,5-26H2,1-4H3;1H3. The van der Waals surface area contributed by atoms with Crippen molar-refractivity contribution in [1.29, 1.82) is 0 Å². The first-order valence-electron chi connectivity index (χ1n) is 13.8. The third kappa shape index (κ3) is 17.9. The lowest BCUT2D eigenvalue weighted by atomic mass is 9.77. The summed E-state index contributed by atoms with van der Waals surface area (Å²) in [5.41, 5.74) is 0. The molecule has 0 aromatic carbocycles. The summed E-state index contributed by atoms with van der Waals surface area (Å²) < 4.78 is 0. The molecule has 0 radical (unpaired) electrons. The van der Waals surface area contributed by atoms with E-state index in [0.717, 1.165) is 5.92 Å². The summed E-state index contributed by atoms with van der Waals surface area (Å²) in [4.78, 5) is 0.0823. The molecule has 0 rings (SSSR count). The predicted octanol–water partition coefficient (Wildman–Crippen LogP) is 11.4. The van der Waals surface area contributed by atoms with E-state index in [9.17, 15) is 0 Å². The Kier molecular flexibility index (Phi) is 25.8. The molecule has 0 saturated heterocycles. The molecule has 1 unspecified atom stereocenters. The van der Waals surface area contributed by atoms with Crippen molar-refractivity contribution < 1.29 is 0 Å². The second-order valence-corrected chi connectivity index (χ2v) is 10.5. The Morgan fingerprint density at radius 1 is 0.467 bits per heavy atom. The van der Waals surface area contributed by atoms with Gasteiger partial charge in [-0.1, -0.05) is 143 Å². The van der Waals surface area contributed by atoms with Crippen LogP contribution in [0.5, 0.6) is 0 Å². The zero-order valence-corrected chi connectivity index (χ0v) is 22.5. The Hall–Kier alpha value is 0.250. The molecule has 30 heavy (non-hydrogen) atoms. The third-order valence-electron chi connectivity index (χ3n) is 6.94. The van der Waals surface area contributed by atoms with Crippen LogP contribution in [-0.4, -0.2) is 4.87 Å². The number of alkyl halides is 1. The minimum absolute atomic E-state index is 0. The van der Waals surface area contributed by atoms with Gasteiger partial charge in [-0.05, 0) is 31.6 Å². The first-order valence-corrected chi connectivity index (χ1v) is 14.2. The lowest BCUT2D eigenvalue weighted by Crippen LogP contribution is -2.32. The van der Waals surface area contributed by atoms with E-state index in [-0.39, 0.29) is 11.0 Å². The van der Waals surface area contributed by atoms with Crippen LogP contribution in [0.25, 0.3) is 0 Å². The molecule has 2 heteroatoms. The smallest absolute Gasteiger partial charge is 0.0475 e. The second-order valence-electron chi connectivity index (χ2n) is 9.76. The van der Waals surface area contributed by atoms with E-state index in [2.05, 4.69) is 27.7 Å². The maximum atomic E-state index is 7.34. The number of hydrogen-bond donors (Lipinski definition) is 1. The van der Waals surface area contributed by atoms with Gasteiger partial charge in [0, 0.05) is 4.87 Å². The quantitative estimate of drug-likeness (QED) is 0.123. The highest BCUT2D eigenvalue weighted by Gasteiger charge is 2.34. The van der Waals surface area contributed by atoms with Crippen LogP contribution in [0.3, 0.4) is 0 Å². The van der Waals surface area contributed by atoms with Crippen molar-refractivity contribution in [3.8, 4) is 0 Å². The van der Waals surface area contributed by atoms with E-state index in [1.807, 2.05) is 0 Å². The average molecular weight is 446 g/mol. The maximum Gasteiger partial charge on any atom is 0.0475 e. The van der Waals surface area contributed by atoms with Crippen molar-refractivity contribution in [2.45, 2.75) is 174 Å². The van der Waals surface area contributed by atoms with E-state index in [0.29, 0.717) is 0 Å².